The first-order valence-corrected chi connectivity index (χ1v) is 5.42. The summed E-state index contributed by atoms with van der Waals surface area (Å²) in [5, 5.41) is 0. The highest BCUT2D eigenvalue weighted by molar-refractivity contribution is 9.10. The second-order valence-corrected chi connectivity index (χ2v) is 4.07. The topological polar surface area (TPSA) is 61.0 Å². The number of hydrogen-bond acceptors (Lipinski definition) is 4. The number of nitrogen functional groups attached to an aromatic ring is 1. The monoisotopic (exact) mass is 279 g/mol. The molecule has 82 valence electrons. The zero-order valence-electron chi connectivity index (χ0n) is 8.64. The van der Waals surface area contributed by atoms with Crippen molar-refractivity contribution in [3.63, 3.8) is 0 Å². The molecule has 0 bridgehead atoms. The van der Waals surface area contributed by atoms with Gasteiger partial charge in [0.15, 0.2) is 11.6 Å². The van der Waals surface area contributed by atoms with E-state index in [4.69, 9.17) is 10.5 Å². The average molecular weight is 280 g/mol. The van der Waals surface area contributed by atoms with Crippen LogP contribution >= 0.6 is 15.9 Å². The number of hydrogen-bond donors (Lipinski definition) is 1. The van der Waals surface area contributed by atoms with Crippen LogP contribution in [0, 0.1) is 0 Å². The molecular weight excluding hydrogens is 270 g/mol. The van der Waals surface area contributed by atoms with E-state index < -0.39 is 0 Å². The Hall–Kier alpha value is -1.62. The second-order valence-electron chi connectivity index (χ2n) is 3.15. The molecule has 0 atom stereocenters. The van der Waals surface area contributed by atoms with E-state index in [2.05, 4.69) is 25.9 Å². The summed E-state index contributed by atoms with van der Waals surface area (Å²) in [6, 6.07) is 5.50. The van der Waals surface area contributed by atoms with Crippen LogP contribution in [-0.2, 0) is 0 Å². The number of para-hydroxylation sites is 1. The number of benzene rings is 1. The molecule has 0 aliphatic carbocycles. The molecule has 0 fully saturated rings. The van der Waals surface area contributed by atoms with Gasteiger partial charge in [-0.1, -0.05) is 6.07 Å². The SMILES string of the molecule is COc1c(N)cccc1-c1ncc(Br)cn1. The smallest absolute Gasteiger partial charge is 0.163 e. The fourth-order valence-electron chi connectivity index (χ4n) is 1.41. The molecule has 0 spiro atoms. The van der Waals surface area contributed by atoms with Crippen LogP contribution in [0.3, 0.4) is 0 Å². The number of aromatic nitrogens is 2. The first-order chi connectivity index (χ1) is 7.72. The maximum absolute atomic E-state index is 5.81. The number of nitrogens with two attached hydrogens (primary N) is 1. The van der Waals surface area contributed by atoms with Crippen LogP contribution in [0.15, 0.2) is 35.1 Å². The summed E-state index contributed by atoms with van der Waals surface area (Å²) in [5.41, 5.74) is 7.17. The zero-order chi connectivity index (χ0) is 11.5. The van der Waals surface area contributed by atoms with Gasteiger partial charge in [0, 0.05) is 12.4 Å². The lowest BCUT2D eigenvalue weighted by molar-refractivity contribution is 0.418. The van der Waals surface area contributed by atoms with E-state index in [1.54, 1.807) is 25.6 Å². The Labute approximate surface area is 102 Å². The van der Waals surface area contributed by atoms with E-state index in [1.807, 2.05) is 12.1 Å². The third kappa shape index (κ3) is 1.99. The molecule has 0 saturated heterocycles. The zero-order valence-corrected chi connectivity index (χ0v) is 10.2. The predicted molar refractivity (Wildman–Crippen MR) is 66.1 cm³/mol. The van der Waals surface area contributed by atoms with Crippen molar-refractivity contribution in [3.05, 3.63) is 35.1 Å². The van der Waals surface area contributed by atoms with E-state index >= 15 is 0 Å². The standard InChI is InChI=1S/C11H10BrN3O/c1-16-10-8(3-2-4-9(10)13)11-14-5-7(12)6-15-11/h2-6H,13H2,1H3. The van der Waals surface area contributed by atoms with E-state index in [9.17, 15) is 0 Å². The maximum atomic E-state index is 5.81. The minimum absolute atomic E-state index is 0.575. The Morgan fingerprint density at radius 3 is 2.56 bits per heavy atom. The molecule has 4 nitrogen and oxygen atoms in total. The minimum Gasteiger partial charge on any atom is -0.494 e. The largest absolute Gasteiger partial charge is 0.494 e. The molecule has 0 saturated carbocycles. The van der Waals surface area contributed by atoms with Gasteiger partial charge in [-0.15, -0.1) is 0 Å². The average Bonchev–Trinajstić information content (AvgIpc) is 2.30. The summed E-state index contributed by atoms with van der Waals surface area (Å²) in [7, 11) is 1.58. The van der Waals surface area contributed by atoms with Crippen molar-refractivity contribution < 1.29 is 4.74 Å². The number of halogens is 1. The van der Waals surface area contributed by atoms with Gasteiger partial charge in [0.05, 0.1) is 22.8 Å². The molecule has 0 aliphatic heterocycles. The van der Waals surface area contributed by atoms with Crippen molar-refractivity contribution in [2.24, 2.45) is 0 Å². The van der Waals surface area contributed by atoms with Crippen molar-refractivity contribution in [1.82, 2.24) is 9.97 Å². The van der Waals surface area contributed by atoms with Crippen molar-refractivity contribution in [2.45, 2.75) is 0 Å². The fraction of sp³-hybridized carbons (Fsp3) is 0.0909. The lowest BCUT2D eigenvalue weighted by Gasteiger charge is -2.09. The molecule has 0 aliphatic rings. The van der Waals surface area contributed by atoms with Crippen molar-refractivity contribution in [2.75, 3.05) is 12.8 Å². The van der Waals surface area contributed by atoms with Gasteiger partial charge in [-0.25, -0.2) is 9.97 Å². The van der Waals surface area contributed by atoms with Gasteiger partial charge in [0.1, 0.15) is 0 Å². The van der Waals surface area contributed by atoms with Crippen LogP contribution in [0.4, 0.5) is 5.69 Å². The first kappa shape index (κ1) is 10.9. The van der Waals surface area contributed by atoms with E-state index in [0.717, 1.165) is 10.0 Å². The Kier molecular flexibility index (Phi) is 3.05. The summed E-state index contributed by atoms with van der Waals surface area (Å²) in [6.45, 7) is 0. The van der Waals surface area contributed by atoms with Crippen LogP contribution < -0.4 is 10.5 Å². The summed E-state index contributed by atoms with van der Waals surface area (Å²) in [4.78, 5) is 8.41. The number of methoxy groups -OCH3 is 1. The van der Waals surface area contributed by atoms with Crippen LogP contribution in [0.2, 0.25) is 0 Å². The quantitative estimate of drug-likeness (QED) is 0.858. The van der Waals surface area contributed by atoms with E-state index in [0.29, 0.717) is 17.3 Å². The molecule has 0 amide bonds. The lowest BCUT2D eigenvalue weighted by Crippen LogP contribution is -1.96. The van der Waals surface area contributed by atoms with E-state index in [1.165, 1.54) is 0 Å². The highest BCUT2D eigenvalue weighted by Crippen LogP contribution is 2.32. The Balaban J connectivity index is 2.55. The Morgan fingerprint density at radius 1 is 1.25 bits per heavy atom. The molecule has 2 rings (SSSR count). The molecule has 5 heteroatoms. The highest BCUT2D eigenvalue weighted by Gasteiger charge is 2.10. The molecule has 0 unspecified atom stereocenters. The molecule has 2 aromatic rings. The lowest BCUT2D eigenvalue weighted by atomic mass is 10.1. The summed E-state index contributed by atoms with van der Waals surface area (Å²) >= 11 is 3.29. The predicted octanol–water partition coefficient (Wildman–Crippen LogP) is 2.50. The third-order valence-electron chi connectivity index (χ3n) is 2.11. The summed E-state index contributed by atoms with van der Waals surface area (Å²) in [6.07, 6.45) is 3.37. The molecule has 2 N–H and O–H groups in total. The number of rotatable bonds is 2. The van der Waals surface area contributed by atoms with Crippen molar-refractivity contribution in [3.8, 4) is 17.1 Å². The van der Waals surface area contributed by atoms with Gasteiger partial charge in [0.2, 0.25) is 0 Å². The summed E-state index contributed by atoms with van der Waals surface area (Å²) < 4.78 is 6.08. The number of anilines is 1. The molecule has 16 heavy (non-hydrogen) atoms. The van der Waals surface area contributed by atoms with Crippen LogP contribution in [0.1, 0.15) is 0 Å². The van der Waals surface area contributed by atoms with Gasteiger partial charge < -0.3 is 10.5 Å². The molecule has 1 aromatic carbocycles. The molecule has 1 heterocycles. The van der Waals surface area contributed by atoms with E-state index in [-0.39, 0.29) is 0 Å². The van der Waals surface area contributed by atoms with Gasteiger partial charge in [0.25, 0.3) is 0 Å². The normalized spacial score (nSPS) is 10.1. The van der Waals surface area contributed by atoms with Crippen LogP contribution in [-0.4, -0.2) is 17.1 Å². The van der Waals surface area contributed by atoms with Crippen LogP contribution in [0.25, 0.3) is 11.4 Å². The second kappa shape index (κ2) is 4.49. The van der Waals surface area contributed by atoms with Crippen molar-refractivity contribution in [1.29, 1.82) is 0 Å². The number of ether oxygens (including phenoxy) is 1. The molecule has 1 aromatic heterocycles. The molecule has 0 radical (unpaired) electrons. The maximum Gasteiger partial charge on any atom is 0.163 e. The minimum atomic E-state index is 0.575. The van der Waals surface area contributed by atoms with Crippen LogP contribution in [0.5, 0.6) is 5.75 Å². The summed E-state index contributed by atoms with van der Waals surface area (Å²) in [5.74, 6) is 1.19. The Bertz CT molecular complexity index is 499. The van der Waals surface area contributed by atoms with Crippen molar-refractivity contribution >= 4 is 21.6 Å². The molecular formula is C11H10BrN3O. The fourth-order valence-corrected chi connectivity index (χ4v) is 1.61. The van der Waals surface area contributed by atoms with Gasteiger partial charge >= 0.3 is 0 Å². The first-order valence-electron chi connectivity index (χ1n) is 4.63. The Morgan fingerprint density at radius 2 is 1.94 bits per heavy atom. The van der Waals surface area contributed by atoms with Gasteiger partial charge in [-0.3, -0.25) is 0 Å². The third-order valence-corrected chi connectivity index (χ3v) is 2.52. The highest BCUT2D eigenvalue weighted by atomic mass is 79.9. The number of nitrogens with zero attached hydrogens (tertiary/aromatic N) is 2. The van der Waals surface area contributed by atoms with Gasteiger partial charge in [-0.05, 0) is 28.1 Å². The van der Waals surface area contributed by atoms with Gasteiger partial charge in [-0.2, -0.15) is 0 Å².